The van der Waals surface area contributed by atoms with Gasteiger partial charge in [-0.2, -0.15) is 0 Å². The molecule has 0 aliphatic heterocycles. The molecule has 7 heteroatoms. The summed E-state index contributed by atoms with van der Waals surface area (Å²) < 4.78 is 11.5. The smallest absolute Gasteiger partial charge is 0.338 e. The van der Waals surface area contributed by atoms with E-state index in [1.54, 1.807) is 43.5 Å². The fourth-order valence-corrected chi connectivity index (χ4v) is 2.38. The molecule has 0 aliphatic carbocycles. The molecule has 0 saturated heterocycles. The van der Waals surface area contributed by atoms with Crippen molar-refractivity contribution >= 4 is 5.97 Å². The van der Waals surface area contributed by atoms with E-state index in [2.05, 4.69) is 5.10 Å². The first-order valence-electron chi connectivity index (χ1n) is 7.80. The molecule has 3 rings (SSSR count). The van der Waals surface area contributed by atoms with Crippen molar-refractivity contribution in [3.8, 4) is 11.4 Å². The summed E-state index contributed by atoms with van der Waals surface area (Å²) in [6, 6.07) is 15.8. The van der Waals surface area contributed by atoms with E-state index in [0.717, 1.165) is 22.4 Å². The van der Waals surface area contributed by atoms with Gasteiger partial charge in [0.05, 0.1) is 18.4 Å². The summed E-state index contributed by atoms with van der Waals surface area (Å²) in [5.41, 5.74) is 0.588. The van der Waals surface area contributed by atoms with Gasteiger partial charge in [0.2, 0.25) is 0 Å². The van der Waals surface area contributed by atoms with Crippen LogP contribution in [0.5, 0.6) is 5.75 Å². The maximum Gasteiger partial charge on any atom is 0.338 e. The van der Waals surface area contributed by atoms with E-state index in [0.29, 0.717) is 11.4 Å². The SMILES string of the molecule is COc1cccc(COC(=O)c2cccc(-n3[nH]c(=O)ccc3=O)c2)c1. The van der Waals surface area contributed by atoms with E-state index >= 15 is 0 Å². The molecule has 0 amide bonds. The number of hydrogen-bond donors (Lipinski definition) is 1. The molecular weight excluding hydrogens is 336 g/mol. The largest absolute Gasteiger partial charge is 0.497 e. The van der Waals surface area contributed by atoms with Crippen LogP contribution in [-0.4, -0.2) is 22.9 Å². The first-order valence-corrected chi connectivity index (χ1v) is 7.80. The molecule has 0 aliphatic rings. The van der Waals surface area contributed by atoms with Crippen LogP contribution in [0.25, 0.3) is 5.69 Å². The quantitative estimate of drug-likeness (QED) is 0.708. The highest BCUT2D eigenvalue weighted by Crippen LogP contribution is 2.15. The van der Waals surface area contributed by atoms with E-state index < -0.39 is 17.1 Å². The molecule has 26 heavy (non-hydrogen) atoms. The van der Waals surface area contributed by atoms with Crippen molar-refractivity contribution in [1.82, 2.24) is 9.78 Å². The number of methoxy groups -OCH3 is 1. The molecule has 1 heterocycles. The van der Waals surface area contributed by atoms with Gasteiger partial charge in [-0.25, -0.2) is 9.48 Å². The van der Waals surface area contributed by atoms with Crippen molar-refractivity contribution in [2.75, 3.05) is 7.11 Å². The predicted molar refractivity (Wildman–Crippen MR) is 94.8 cm³/mol. The molecule has 0 unspecified atom stereocenters. The lowest BCUT2D eigenvalue weighted by Crippen LogP contribution is -2.26. The molecule has 3 aromatic rings. The van der Waals surface area contributed by atoms with Crippen LogP contribution in [-0.2, 0) is 11.3 Å². The highest BCUT2D eigenvalue weighted by molar-refractivity contribution is 5.90. The Bertz CT molecular complexity index is 1050. The summed E-state index contributed by atoms with van der Waals surface area (Å²) >= 11 is 0. The number of carbonyl (C=O) groups is 1. The van der Waals surface area contributed by atoms with Crippen LogP contribution >= 0.6 is 0 Å². The Hall–Kier alpha value is -3.61. The monoisotopic (exact) mass is 352 g/mol. The second-order valence-corrected chi connectivity index (χ2v) is 5.46. The molecule has 0 bridgehead atoms. The number of H-pyrrole nitrogens is 1. The molecule has 0 atom stereocenters. The van der Waals surface area contributed by atoms with E-state index in [1.165, 1.54) is 6.07 Å². The van der Waals surface area contributed by atoms with Crippen molar-refractivity contribution in [3.05, 3.63) is 92.5 Å². The molecule has 0 saturated carbocycles. The van der Waals surface area contributed by atoms with Gasteiger partial charge in [-0.05, 0) is 35.9 Å². The average molecular weight is 352 g/mol. The van der Waals surface area contributed by atoms with Crippen molar-refractivity contribution in [3.63, 3.8) is 0 Å². The molecule has 1 aromatic heterocycles. The number of aromatic nitrogens is 2. The Kier molecular flexibility index (Phi) is 4.98. The maximum absolute atomic E-state index is 12.3. The van der Waals surface area contributed by atoms with E-state index in [1.807, 2.05) is 6.07 Å². The summed E-state index contributed by atoms with van der Waals surface area (Å²) in [6.45, 7) is 0.0857. The zero-order chi connectivity index (χ0) is 18.5. The Morgan fingerprint density at radius 1 is 1.04 bits per heavy atom. The topological polar surface area (TPSA) is 90.4 Å². The Labute approximate surface area is 148 Å². The highest BCUT2D eigenvalue weighted by atomic mass is 16.5. The fourth-order valence-electron chi connectivity index (χ4n) is 2.38. The molecule has 132 valence electrons. The molecule has 0 spiro atoms. The van der Waals surface area contributed by atoms with Gasteiger partial charge in [0.25, 0.3) is 11.1 Å². The Morgan fingerprint density at radius 2 is 1.85 bits per heavy atom. The fraction of sp³-hybridized carbons (Fsp3) is 0.105. The molecule has 0 radical (unpaired) electrons. The number of esters is 1. The lowest BCUT2D eigenvalue weighted by Gasteiger charge is -2.09. The number of rotatable bonds is 5. The third kappa shape index (κ3) is 3.89. The normalized spacial score (nSPS) is 10.3. The van der Waals surface area contributed by atoms with Crippen molar-refractivity contribution in [1.29, 1.82) is 0 Å². The van der Waals surface area contributed by atoms with Gasteiger partial charge >= 0.3 is 5.97 Å². The van der Waals surface area contributed by atoms with Crippen LogP contribution < -0.4 is 15.9 Å². The summed E-state index contributed by atoms with van der Waals surface area (Å²) in [6.07, 6.45) is 0. The van der Waals surface area contributed by atoms with Gasteiger partial charge in [0.15, 0.2) is 0 Å². The van der Waals surface area contributed by atoms with Gasteiger partial charge in [0, 0.05) is 12.1 Å². The number of benzene rings is 2. The molecular formula is C19H16N2O5. The summed E-state index contributed by atoms with van der Waals surface area (Å²) in [7, 11) is 1.56. The first kappa shape index (κ1) is 17.2. The second kappa shape index (κ2) is 7.52. The van der Waals surface area contributed by atoms with Gasteiger partial charge in [-0.3, -0.25) is 14.7 Å². The summed E-state index contributed by atoms with van der Waals surface area (Å²) in [5, 5.41) is 2.41. The van der Waals surface area contributed by atoms with Crippen LogP contribution in [0.3, 0.4) is 0 Å². The van der Waals surface area contributed by atoms with Crippen LogP contribution in [0.1, 0.15) is 15.9 Å². The van der Waals surface area contributed by atoms with E-state index in [-0.39, 0.29) is 12.2 Å². The maximum atomic E-state index is 12.3. The molecule has 1 N–H and O–H groups in total. The van der Waals surface area contributed by atoms with Crippen molar-refractivity contribution in [2.24, 2.45) is 0 Å². The third-order valence-corrected chi connectivity index (χ3v) is 3.66. The van der Waals surface area contributed by atoms with Gasteiger partial charge in [-0.15, -0.1) is 0 Å². The standard InChI is InChI=1S/C19H16N2O5/c1-25-16-7-2-4-13(10-16)12-26-19(24)14-5-3-6-15(11-14)21-18(23)9-8-17(22)20-21/h2-11H,12H2,1H3,(H,20,22). The van der Waals surface area contributed by atoms with Crippen LogP contribution in [0.2, 0.25) is 0 Å². The minimum Gasteiger partial charge on any atom is -0.497 e. The number of ether oxygens (including phenoxy) is 2. The van der Waals surface area contributed by atoms with Crippen LogP contribution in [0.4, 0.5) is 0 Å². The summed E-state index contributed by atoms with van der Waals surface area (Å²) in [5.74, 6) is 0.133. The average Bonchev–Trinajstić information content (AvgIpc) is 2.68. The summed E-state index contributed by atoms with van der Waals surface area (Å²) in [4.78, 5) is 35.6. The molecule has 2 aromatic carbocycles. The van der Waals surface area contributed by atoms with Crippen molar-refractivity contribution in [2.45, 2.75) is 6.61 Å². The molecule has 0 fully saturated rings. The third-order valence-electron chi connectivity index (χ3n) is 3.66. The predicted octanol–water partition coefficient (Wildman–Crippen LogP) is 1.89. The highest BCUT2D eigenvalue weighted by Gasteiger charge is 2.10. The Balaban J connectivity index is 1.79. The van der Waals surface area contributed by atoms with Gasteiger partial charge in [-0.1, -0.05) is 18.2 Å². The molecule has 7 nitrogen and oxygen atoms in total. The minimum absolute atomic E-state index is 0.0857. The number of hydrogen-bond acceptors (Lipinski definition) is 5. The first-order chi connectivity index (χ1) is 12.6. The lowest BCUT2D eigenvalue weighted by molar-refractivity contribution is 0.0472. The van der Waals surface area contributed by atoms with Crippen LogP contribution in [0.15, 0.2) is 70.3 Å². The Morgan fingerprint density at radius 3 is 2.65 bits per heavy atom. The number of nitrogens with zero attached hydrogens (tertiary/aromatic N) is 1. The number of carbonyl (C=O) groups excluding carboxylic acids is 1. The number of nitrogens with one attached hydrogen (secondary N) is 1. The zero-order valence-corrected chi connectivity index (χ0v) is 14.0. The van der Waals surface area contributed by atoms with Crippen molar-refractivity contribution < 1.29 is 14.3 Å². The van der Waals surface area contributed by atoms with E-state index in [9.17, 15) is 14.4 Å². The second-order valence-electron chi connectivity index (χ2n) is 5.46. The van der Waals surface area contributed by atoms with Gasteiger partial charge < -0.3 is 9.47 Å². The lowest BCUT2D eigenvalue weighted by atomic mass is 10.2. The van der Waals surface area contributed by atoms with Gasteiger partial charge in [0.1, 0.15) is 12.4 Å². The minimum atomic E-state index is -0.541. The van der Waals surface area contributed by atoms with E-state index in [4.69, 9.17) is 9.47 Å². The van der Waals surface area contributed by atoms with Crippen LogP contribution in [0, 0.1) is 0 Å². The number of aromatic amines is 1. The zero-order valence-electron chi connectivity index (χ0n) is 14.0.